The predicted octanol–water partition coefficient (Wildman–Crippen LogP) is 4.38. The molecule has 3 rings (SSSR count). The SMILES string of the molecule is CCn1c(COc2ccccc2)cc2ccc(F)cc21. The molecule has 0 aliphatic heterocycles. The Kier molecular flexibility index (Phi) is 3.42. The average molecular weight is 269 g/mol. The van der Waals surface area contributed by atoms with Crippen molar-refractivity contribution in [3.05, 3.63) is 66.1 Å². The van der Waals surface area contributed by atoms with Crippen molar-refractivity contribution in [2.24, 2.45) is 0 Å². The van der Waals surface area contributed by atoms with E-state index in [2.05, 4.69) is 17.6 Å². The highest BCUT2D eigenvalue weighted by Gasteiger charge is 2.09. The molecule has 0 spiro atoms. The lowest BCUT2D eigenvalue weighted by molar-refractivity contribution is 0.296. The number of benzene rings is 2. The van der Waals surface area contributed by atoms with Gasteiger partial charge in [0.15, 0.2) is 0 Å². The van der Waals surface area contributed by atoms with E-state index in [1.54, 1.807) is 6.07 Å². The van der Waals surface area contributed by atoms with E-state index in [0.717, 1.165) is 28.9 Å². The molecule has 0 amide bonds. The van der Waals surface area contributed by atoms with Crippen molar-refractivity contribution in [1.82, 2.24) is 4.57 Å². The molecular formula is C17H16FNO. The van der Waals surface area contributed by atoms with Crippen molar-refractivity contribution in [3.63, 3.8) is 0 Å². The molecule has 0 atom stereocenters. The van der Waals surface area contributed by atoms with Gasteiger partial charge < -0.3 is 9.30 Å². The highest BCUT2D eigenvalue weighted by atomic mass is 19.1. The highest BCUT2D eigenvalue weighted by molar-refractivity contribution is 5.81. The first-order chi connectivity index (χ1) is 9.78. The van der Waals surface area contributed by atoms with Gasteiger partial charge >= 0.3 is 0 Å². The third-order valence-corrected chi connectivity index (χ3v) is 3.40. The van der Waals surface area contributed by atoms with E-state index in [4.69, 9.17) is 4.74 Å². The van der Waals surface area contributed by atoms with Crippen LogP contribution in [0.1, 0.15) is 12.6 Å². The third-order valence-electron chi connectivity index (χ3n) is 3.40. The fourth-order valence-electron chi connectivity index (χ4n) is 2.45. The van der Waals surface area contributed by atoms with Gasteiger partial charge in [-0.15, -0.1) is 0 Å². The Bertz CT molecular complexity index is 718. The fourth-order valence-corrected chi connectivity index (χ4v) is 2.45. The van der Waals surface area contributed by atoms with E-state index in [9.17, 15) is 4.39 Å². The summed E-state index contributed by atoms with van der Waals surface area (Å²) in [6.07, 6.45) is 0. The molecular weight excluding hydrogens is 253 g/mol. The Morgan fingerprint density at radius 1 is 1.05 bits per heavy atom. The summed E-state index contributed by atoms with van der Waals surface area (Å²) in [6, 6.07) is 16.6. The molecule has 3 aromatic rings. The van der Waals surface area contributed by atoms with E-state index in [1.807, 2.05) is 36.4 Å². The normalized spacial score (nSPS) is 10.9. The van der Waals surface area contributed by atoms with E-state index < -0.39 is 0 Å². The second-order valence-corrected chi connectivity index (χ2v) is 4.68. The highest BCUT2D eigenvalue weighted by Crippen LogP contribution is 2.22. The van der Waals surface area contributed by atoms with Gasteiger partial charge in [-0.25, -0.2) is 4.39 Å². The maximum absolute atomic E-state index is 13.4. The van der Waals surface area contributed by atoms with Gasteiger partial charge in [-0.05, 0) is 43.3 Å². The van der Waals surface area contributed by atoms with E-state index in [1.165, 1.54) is 6.07 Å². The van der Waals surface area contributed by atoms with E-state index in [0.29, 0.717) is 6.61 Å². The number of rotatable bonds is 4. The first kappa shape index (κ1) is 12.7. The summed E-state index contributed by atoms with van der Waals surface area (Å²) in [5.74, 6) is 0.632. The minimum atomic E-state index is -0.208. The molecule has 0 N–H and O–H groups in total. The minimum absolute atomic E-state index is 0.208. The Balaban J connectivity index is 1.91. The molecule has 102 valence electrons. The van der Waals surface area contributed by atoms with Gasteiger partial charge in [0.05, 0.1) is 11.2 Å². The first-order valence-corrected chi connectivity index (χ1v) is 6.73. The van der Waals surface area contributed by atoms with Crippen LogP contribution < -0.4 is 4.74 Å². The van der Waals surface area contributed by atoms with Crippen LogP contribution in [0, 0.1) is 5.82 Å². The Hall–Kier alpha value is -2.29. The van der Waals surface area contributed by atoms with Crippen LogP contribution >= 0.6 is 0 Å². The second kappa shape index (κ2) is 5.37. The van der Waals surface area contributed by atoms with Gasteiger partial charge in [0.25, 0.3) is 0 Å². The van der Waals surface area contributed by atoms with Gasteiger partial charge in [-0.3, -0.25) is 0 Å². The summed E-state index contributed by atoms with van der Waals surface area (Å²) in [5, 5.41) is 1.04. The summed E-state index contributed by atoms with van der Waals surface area (Å²) in [6.45, 7) is 3.32. The van der Waals surface area contributed by atoms with Crippen molar-refractivity contribution in [2.75, 3.05) is 0 Å². The molecule has 0 saturated carbocycles. The largest absolute Gasteiger partial charge is 0.487 e. The first-order valence-electron chi connectivity index (χ1n) is 6.73. The van der Waals surface area contributed by atoms with Gasteiger partial charge in [0, 0.05) is 11.9 Å². The molecule has 3 heteroatoms. The summed E-state index contributed by atoms with van der Waals surface area (Å²) in [4.78, 5) is 0. The van der Waals surface area contributed by atoms with Crippen molar-refractivity contribution in [2.45, 2.75) is 20.1 Å². The van der Waals surface area contributed by atoms with Crippen LogP contribution in [0.3, 0.4) is 0 Å². The average Bonchev–Trinajstić information content (AvgIpc) is 2.83. The smallest absolute Gasteiger partial charge is 0.128 e. The molecule has 0 fully saturated rings. The lowest BCUT2D eigenvalue weighted by Gasteiger charge is -2.09. The lowest BCUT2D eigenvalue weighted by Crippen LogP contribution is -2.04. The van der Waals surface area contributed by atoms with Crippen LogP contribution in [-0.2, 0) is 13.2 Å². The van der Waals surface area contributed by atoms with E-state index in [-0.39, 0.29) is 5.82 Å². The summed E-state index contributed by atoms with van der Waals surface area (Å²) in [7, 11) is 0. The molecule has 20 heavy (non-hydrogen) atoms. The third kappa shape index (κ3) is 2.39. The summed E-state index contributed by atoms with van der Waals surface area (Å²) < 4.78 is 21.2. The van der Waals surface area contributed by atoms with Crippen molar-refractivity contribution in [3.8, 4) is 5.75 Å². The molecule has 0 aliphatic carbocycles. The monoisotopic (exact) mass is 269 g/mol. The van der Waals surface area contributed by atoms with Crippen LogP contribution in [0.2, 0.25) is 0 Å². The number of fused-ring (bicyclic) bond motifs is 1. The molecule has 0 radical (unpaired) electrons. The zero-order valence-electron chi connectivity index (χ0n) is 11.3. The molecule has 1 heterocycles. The Morgan fingerprint density at radius 3 is 2.60 bits per heavy atom. The molecule has 2 aromatic carbocycles. The zero-order chi connectivity index (χ0) is 13.9. The summed E-state index contributed by atoms with van der Waals surface area (Å²) in [5.41, 5.74) is 1.97. The molecule has 0 saturated heterocycles. The Morgan fingerprint density at radius 2 is 1.85 bits per heavy atom. The van der Waals surface area contributed by atoms with Crippen LogP contribution in [0.4, 0.5) is 4.39 Å². The maximum atomic E-state index is 13.4. The molecule has 0 bridgehead atoms. The van der Waals surface area contributed by atoms with Crippen molar-refractivity contribution in [1.29, 1.82) is 0 Å². The predicted molar refractivity (Wildman–Crippen MR) is 78.3 cm³/mol. The number of aromatic nitrogens is 1. The van der Waals surface area contributed by atoms with Crippen molar-refractivity contribution >= 4 is 10.9 Å². The van der Waals surface area contributed by atoms with Gasteiger partial charge in [0.2, 0.25) is 0 Å². The van der Waals surface area contributed by atoms with Crippen LogP contribution in [-0.4, -0.2) is 4.57 Å². The lowest BCUT2D eigenvalue weighted by atomic mass is 10.2. The standard InChI is InChI=1S/C17H16FNO/c1-2-19-15(12-20-16-6-4-3-5-7-16)10-13-8-9-14(18)11-17(13)19/h3-11H,2,12H2,1H3. The molecule has 0 unspecified atom stereocenters. The quantitative estimate of drug-likeness (QED) is 0.685. The number of hydrogen-bond acceptors (Lipinski definition) is 1. The van der Waals surface area contributed by atoms with Crippen molar-refractivity contribution < 1.29 is 9.13 Å². The summed E-state index contributed by atoms with van der Waals surface area (Å²) >= 11 is 0. The fraction of sp³-hybridized carbons (Fsp3) is 0.176. The number of hydrogen-bond donors (Lipinski definition) is 0. The van der Waals surface area contributed by atoms with Crippen LogP contribution in [0.25, 0.3) is 10.9 Å². The topological polar surface area (TPSA) is 14.2 Å². The molecule has 2 nitrogen and oxygen atoms in total. The zero-order valence-corrected chi connectivity index (χ0v) is 11.3. The number of ether oxygens (including phenoxy) is 1. The van der Waals surface area contributed by atoms with Gasteiger partial charge in [-0.1, -0.05) is 18.2 Å². The van der Waals surface area contributed by atoms with Crippen LogP contribution in [0.15, 0.2) is 54.6 Å². The number of nitrogens with zero attached hydrogens (tertiary/aromatic N) is 1. The Labute approximate surface area is 117 Å². The van der Waals surface area contributed by atoms with Crippen LogP contribution in [0.5, 0.6) is 5.75 Å². The molecule has 1 aromatic heterocycles. The van der Waals surface area contributed by atoms with E-state index >= 15 is 0 Å². The molecule has 0 aliphatic rings. The number of halogens is 1. The van der Waals surface area contributed by atoms with Gasteiger partial charge in [-0.2, -0.15) is 0 Å². The number of para-hydroxylation sites is 1. The maximum Gasteiger partial charge on any atom is 0.128 e. The minimum Gasteiger partial charge on any atom is -0.487 e. The number of aryl methyl sites for hydroxylation is 1. The van der Waals surface area contributed by atoms with Gasteiger partial charge in [0.1, 0.15) is 18.2 Å². The second-order valence-electron chi connectivity index (χ2n) is 4.68.